The molecule has 1 N–H and O–H groups in total. The molecule has 0 unspecified atom stereocenters. The molecule has 5 rings (SSSR count). The van der Waals surface area contributed by atoms with E-state index in [4.69, 9.17) is 4.74 Å². The number of methoxy groups -OCH3 is 1. The average Bonchev–Trinajstić information content (AvgIpc) is 3.27. The molecule has 3 aromatic rings. The first kappa shape index (κ1) is 20.8. The number of benzene rings is 2. The SMILES string of the molecule is COc1ccc2nc(-c3cc(N4CCC(C(=O)N5CCCCC5)CC4)ccc3F)[nH]c2c1. The molecule has 2 aromatic carbocycles. The van der Waals surface area contributed by atoms with E-state index in [1.807, 2.05) is 30.3 Å². The zero-order chi connectivity index (χ0) is 22.1. The van der Waals surface area contributed by atoms with Crippen molar-refractivity contribution in [3.63, 3.8) is 0 Å². The Kier molecular flexibility index (Phi) is 5.72. The number of nitrogens with zero attached hydrogens (tertiary/aromatic N) is 3. The number of aromatic amines is 1. The number of piperidine rings is 2. The van der Waals surface area contributed by atoms with Gasteiger partial charge in [-0.2, -0.15) is 0 Å². The smallest absolute Gasteiger partial charge is 0.225 e. The Hall–Kier alpha value is -3.09. The van der Waals surface area contributed by atoms with Crippen LogP contribution in [-0.4, -0.2) is 54.1 Å². The van der Waals surface area contributed by atoms with Gasteiger partial charge in [0.2, 0.25) is 5.91 Å². The van der Waals surface area contributed by atoms with Gasteiger partial charge in [-0.3, -0.25) is 4.79 Å². The summed E-state index contributed by atoms with van der Waals surface area (Å²) in [5, 5.41) is 0. The normalized spacial score (nSPS) is 17.7. The van der Waals surface area contributed by atoms with Crippen LogP contribution in [0.5, 0.6) is 5.75 Å². The van der Waals surface area contributed by atoms with Crippen LogP contribution in [0.15, 0.2) is 36.4 Å². The van der Waals surface area contributed by atoms with Crippen LogP contribution in [0.1, 0.15) is 32.1 Å². The van der Waals surface area contributed by atoms with Crippen molar-refractivity contribution in [2.75, 3.05) is 38.2 Å². The van der Waals surface area contributed by atoms with Crippen LogP contribution in [-0.2, 0) is 4.79 Å². The van der Waals surface area contributed by atoms with E-state index in [1.165, 1.54) is 12.5 Å². The predicted molar refractivity (Wildman–Crippen MR) is 123 cm³/mol. The number of nitrogens with one attached hydrogen (secondary N) is 1. The summed E-state index contributed by atoms with van der Waals surface area (Å²) < 4.78 is 20.0. The molecule has 0 radical (unpaired) electrons. The molecule has 168 valence electrons. The second-order valence-corrected chi connectivity index (χ2v) is 8.78. The molecule has 3 heterocycles. The lowest BCUT2D eigenvalue weighted by Crippen LogP contribution is -2.44. The summed E-state index contributed by atoms with van der Waals surface area (Å²) in [6.45, 7) is 3.41. The minimum Gasteiger partial charge on any atom is -0.497 e. The quantitative estimate of drug-likeness (QED) is 0.649. The Balaban J connectivity index is 1.32. The van der Waals surface area contributed by atoms with E-state index in [0.717, 1.165) is 74.3 Å². The van der Waals surface area contributed by atoms with E-state index in [1.54, 1.807) is 7.11 Å². The van der Waals surface area contributed by atoms with Gasteiger partial charge in [0, 0.05) is 43.9 Å². The highest BCUT2D eigenvalue weighted by Gasteiger charge is 2.29. The highest BCUT2D eigenvalue weighted by molar-refractivity contribution is 5.82. The van der Waals surface area contributed by atoms with Gasteiger partial charge in [0.1, 0.15) is 17.4 Å². The molecule has 1 aromatic heterocycles. The summed E-state index contributed by atoms with van der Waals surface area (Å²) in [6.07, 6.45) is 5.15. The van der Waals surface area contributed by atoms with Crippen molar-refractivity contribution in [1.29, 1.82) is 0 Å². The number of hydrogen-bond donors (Lipinski definition) is 1. The maximum absolute atomic E-state index is 14.7. The Bertz CT molecular complexity index is 1110. The Labute approximate surface area is 187 Å². The number of imidazole rings is 1. The molecule has 0 saturated carbocycles. The van der Waals surface area contributed by atoms with Gasteiger partial charge in [-0.15, -0.1) is 0 Å². The van der Waals surface area contributed by atoms with E-state index in [0.29, 0.717) is 17.3 Å². The summed E-state index contributed by atoms with van der Waals surface area (Å²) in [6, 6.07) is 10.7. The van der Waals surface area contributed by atoms with Crippen molar-refractivity contribution in [3.05, 3.63) is 42.2 Å². The van der Waals surface area contributed by atoms with Crippen molar-refractivity contribution in [1.82, 2.24) is 14.9 Å². The Morgan fingerprint density at radius 1 is 1.06 bits per heavy atom. The molecule has 0 aliphatic carbocycles. The van der Waals surface area contributed by atoms with E-state index in [2.05, 4.69) is 19.8 Å². The van der Waals surface area contributed by atoms with Gasteiger partial charge < -0.3 is 19.5 Å². The molecule has 2 fully saturated rings. The minimum atomic E-state index is -0.310. The fourth-order valence-electron chi connectivity index (χ4n) is 4.89. The standard InChI is InChI=1S/C25H29FN4O2/c1-32-19-6-8-22-23(16-19)28-24(27-22)20-15-18(5-7-21(20)26)29-13-9-17(10-14-29)25(31)30-11-3-2-4-12-30/h5-8,15-17H,2-4,9-14H2,1H3,(H,27,28). The number of ether oxygens (including phenoxy) is 1. The number of rotatable bonds is 4. The van der Waals surface area contributed by atoms with Crippen molar-refractivity contribution >= 4 is 22.6 Å². The Morgan fingerprint density at radius 3 is 2.59 bits per heavy atom. The summed E-state index contributed by atoms with van der Waals surface area (Å²) >= 11 is 0. The molecule has 0 spiro atoms. The van der Waals surface area contributed by atoms with Crippen LogP contribution in [0, 0.1) is 11.7 Å². The lowest BCUT2D eigenvalue weighted by Gasteiger charge is -2.36. The van der Waals surface area contributed by atoms with Crippen LogP contribution < -0.4 is 9.64 Å². The number of carbonyl (C=O) groups excluding carboxylic acids is 1. The molecule has 2 aliphatic rings. The highest BCUT2D eigenvalue weighted by atomic mass is 19.1. The maximum atomic E-state index is 14.7. The van der Waals surface area contributed by atoms with Gasteiger partial charge in [0.05, 0.1) is 23.7 Å². The lowest BCUT2D eigenvalue weighted by molar-refractivity contribution is -0.137. The van der Waals surface area contributed by atoms with Crippen LogP contribution in [0.3, 0.4) is 0 Å². The van der Waals surface area contributed by atoms with E-state index >= 15 is 0 Å². The monoisotopic (exact) mass is 436 g/mol. The van der Waals surface area contributed by atoms with Gasteiger partial charge in [-0.05, 0) is 62.4 Å². The highest BCUT2D eigenvalue weighted by Crippen LogP contribution is 2.31. The summed E-state index contributed by atoms with van der Waals surface area (Å²) in [7, 11) is 1.62. The molecule has 2 aliphatic heterocycles. The number of aromatic nitrogens is 2. The van der Waals surface area contributed by atoms with Crippen molar-refractivity contribution < 1.29 is 13.9 Å². The summed E-state index contributed by atoms with van der Waals surface area (Å²) in [4.78, 5) is 24.9. The number of amides is 1. The largest absolute Gasteiger partial charge is 0.497 e. The van der Waals surface area contributed by atoms with E-state index in [9.17, 15) is 9.18 Å². The number of fused-ring (bicyclic) bond motifs is 1. The third kappa shape index (κ3) is 4.04. The van der Waals surface area contributed by atoms with Gasteiger partial charge in [-0.1, -0.05) is 0 Å². The topological polar surface area (TPSA) is 61.5 Å². The lowest BCUT2D eigenvalue weighted by atomic mass is 9.94. The van der Waals surface area contributed by atoms with Gasteiger partial charge in [0.15, 0.2) is 0 Å². The van der Waals surface area contributed by atoms with Crippen LogP contribution in [0.25, 0.3) is 22.4 Å². The molecule has 32 heavy (non-hydrogen) atoms. The van der Waals surface area contributed by atoms with Crippen LogP contribution in [0.2, 0.25) is 0 Å². The first-order chi connectivity index (χ1) is 15.6. The minimum absolute atomic E-state index is 0.106. The molecule has 1 amide bonds. The van der Waals surface area contributed by atoms with Gasteiger partial charge in [-0.25, -0.2) is 9.37 Å². The zero-order valence-corrected chi connectivity index (χ0v) is 18.4. The molecule has 0 bridgehead atoms. The van der Waals surface area contributed by atoms with Crippen molar-refractivity contribution in [3.8, 4) is 17.1 Å². The number of hydrogen-bond acceptors (Lipinski definition) is 4. The summed E-state index contributed by atoms with van der Waals surface area (Å²) in [5.41, 5.74) is 2.98. The number of H-pyrrole nitrogens is 1. The maximum Gasteiger partial charge on any atom is 0.225 e. The molecule has 7 heteroatoms. The van der Waals surface area contributed by atoms with E-state index in [-0.39, 0.29) is 11.7 Å². The third-order valence-corrected chi connectivity index (χ3v) is 6.77. The first-order valence-corrected chi connectivity index (χ1v) is 11.5. The van der Waals surface area contributed by atoms with Gasteiger partial charge in [0.25, 0.3) is 0 Å². The molecular weight excluding hydrogens is 407 g/mol. The first-order valence-electron chi connectivity index (χ1n) is 11.5. The van der Waals surface area contributed by atoms with E-state index < -0.39 is 0 Å². The fourth-order valence-corrected chi connectivity index (χ4v) is 4.89. The predicted octanol–water partition coefficient (Wildman–Crippen LogP) is 4.61. The third-order valence-electron chi connectivity index (χ3n) is 6.77. The number of likely N-dealkylation sites (tertiary alicyclic amines) is 1. The fraction of sp³-hybridized carbons (Fsp3) is 0.440. The zero-order valence-electron chi connectivity index (χ0n) is 18.4. The number of anilines is 1. The number of halogens is 1. The van der Waals surface area contributed by atoms with Crippen molar-refractivity contribution in [2.45, 2.75) is 32.1 Å². The Morgan fingerprint density at radius 2 is 1.84 bits per heavy atom. The second-order valence-electron chi connectivity index (χ2n) is 8.78. The molecular formula is C25H29FN4O2. The number of carbonyl (C=O) groups is 1. The average molecular weight is 437 g/mol. The molecule has 0 atom stereocenters. The van der Waals surface area contributed by atoms with Gasteiger partial charge >= 0.3 is 0 Å². The van der Waals surface area contributed by atoms with Crippen LogP contribution >= 0.6 is 0 Å². The second kappa shape index (κ2) is 8.81. The summed E-state index contributed by atoms with van der Waals surface area (Å²) in [5.74, 6) is 1.35. The molecule has 2 saturated heterocycles. The molecule has 6 nitrogen and oxygen atoms in total. The van der Waals surface area contributed by atoms with Crippen LogP contribution in [0.4, 0.5) is 10.1 Å². The van der Waals surface area contributed by atoms with Crippen molar-refractivity contribution in [2.24, 2.45) is 5.92 Å².